The number of rotatable bonds is 8. The van der Waals surface area contributed by atoms with Crippen molar-refractivity contribution in [3.8, 4) is 0 Å². The molecule has 0 aliphatic heterocycles. The highest BCUT2D eigenvalue weighted by Gasteiger charge is 2.17. The van der Waals surface area contributed by atoms with Crippen LogP contribution in [0.15, 0.2) is 103 Å². The molecule has 0 saturated carbocycles. The molecule has 0 N–H and O–H groups in total. The fourth-order valence-corrected chi connectivity index (χ4v) is 3.15. The van der Waals surface area contributed by atoms with Gasteiger partial charge in [-0.15, -0.1) is 0 Å². The van der Waals surface area contributed by atoms with Gasteiger partial charge in [0.05, 0.1) is 0 Å². The van der Waals surface area contributed by atoms with Gasteiger partial charge in [-0.2, -0.15) is 0 Å². The maximum atomic E-state index is 13.2. The summed E-state index contributed by atoms with van der Waals surface area (Å²) in [6, 6.07) is 29.9. The lowest BCUT2D eigenvalue weighted by molar-refractivity contribution is -0.110. The molecule has 0 aliphatic carbocycles. The third-order valence-corrected chi connectivity index (χ3v) is 4.52. The fourth-order valence-electron chi connectivity index (χ4n) is 3.15. The van der Waals surface area contributed by atoms with Crippen LogP contribution in [0.5, 0.6) is 0 Å². The van der Waals surface area contributed by atoms with Gasteiger partial charge in [-0.3, -0.25) is 9.69 Å². The Kier molecular flexibility index (Phi) is 6.72. The molecule has 0 aliphatic rings. The van der Waals surface area contributed by atoms with Crippen LogP contribution in [0.2, 0.25) is 0 Å². The number of nitrogens with zero attached hydrogens (tertiary/aromatic N) is 1. The number of hydrogen-bond acceptors (Lipinski definition) is 2. The van der Waals surface area contributed by atoms with E-state index in [1.807, 2.05) is 92.0 Å². The van der Waals surface area contributed by atoms with E-state index >= 15 is 0 Å². The maximum Gasteiger partial charge on any atom is 0.190 e. The number of benzene rings is 3. The summed E-state index contributed by atoms with van der Waals surface area (Å²) in [6.07, 6.45) is 1.94. The minimum absolute atomic E-state index is 0.0186. The Morgan fingerprint density at radius 2 is 1.39 bits per heavy atom. The molecule has 0 heterocycles. The monoisotopic (exact) mass is 367 g/mol. The molecule has 140 valence electrons. The third-order valence-electron chi connectivity index (χ3n) is 4.52. The largest absolute Gasteiger partial charge is 0.298 e. The summed E-state index contributed by atoms with van der Waals surface area (Å²) in [5.74, 6) is -0.0186. The van der Waals surface area contributed by atoms with Crippen LogP contribution in [-0.4, -0.2) is 24.3 Å². The summed E-state index contributed by atoms with van der Waals surface area (Å²) >= 11 is 0. The van der Waals surface area contributed by atoms with Crippen molar-refractivity contribution < 1.29 is 4.79 Å². The Morgan fingerprint density at radius 3 is 2.00 bits per heavy atom. The van der Waals surface area contributed by atoms with Crippen molar-refractivity contribution in [2.75, 3.05) is 13.6 Å². The third kappa shape index (κ3) is 5.38. The number of ketones is 1. The lowest BCUT2D eigenvalue weighted by Crippen LogP contribution is -2.23. The summed E-state index contributed by atoms with van der Waals surface area (Å²) in [7, 11) is 2.01. The first-order valence-electron chi connectivity index (χ1n) is 9.40. The summed E-state index contributed by atoms with van der Waals surface area (Å²) < 4.78 is 0. The highest BCUT2D eigenvalue weighted by Crippen LogP contribution is 2.22. The zero-order valence-electron chi connectivity index (χ0n) is 16.2. The van der Waals surface area contributed by atoms with Crippen molar-refractivity contribution in [3.63, 3.8) is 0 Å². The molecule has 28 heavy (non-hydrogen) atoms. The molecule has 0 unspecified atom stereocenters. The minimum atomic E-state index is -0.0186. The molecule has 2 nitrogen and oxygen atoms in total. The molecule has 3 aromatic rings. The number of carbonyl (C=O) groups excluding carboxylic acids is 1. The average Bonchev–Trinajstić information content (AvgIpc) is 2.73. The highest BCUT2D eigenvalue weighted by molar-refractivity contribution is 6.32. The van der Waals surface area contributed by atoms with Crippen LogP contribution in [0.1, 0.15) is 16.7 Å². The highest BCUT2D eigenvalue weighted by atomic mass is 16.1. The van der Waals surface area contributed by atoms with Gasteiger partial charge in [0.15, 0.2) is 5.78 Å². The molecule has 3 aromatic carbocycles. The zero-order valence-corrected chi connectivity index (χ0v) is 16.2. The van der Waals surface area contributed by atoms with Crippen LogP contribution in [0.4, 0.5) is 0 Å². The van der Waals surface area contributed by atoms with E-state index in [0.29, 0.717) is 17.7 Å². The SMILES string of the molecule is C=C(CN(C)Cc1ccccc1)C(=O)/C(=C\c1ccccc1)c1ccccc1. The van der Waals surface area contributed by atoms with Crippen LogP contribution in [0.25, 0.3) is 11.6 Å². The topological polar surface area (TPSA) is 20.3 Å². The van der Waals surface area contributed by atoms with Crippen molar-refractivity contribution in [2.24, 2.45) is 0 Å². The lowest BCUT2D eigenvalue weighted by Gasteiger charge is -2.18. The maximum absolute atomic E-state index is 13.2. The molecule has 2 heteroatoms. The lowest BCUT2D eigenvalue weighted by atomic mass is 9.95. The van der Waals surface area contributed by atoms with Crippen molar-refractivity contribution in [1.82, 2.24) is 4.90 Å². The molecular weight excluding hydrogens is 342 g/mol. The number of allylic oxidation sites excluding steroid dienone is 1. The molecule has 0 amide bonds. The molecule has 0 bridgehead atoms. The van der Waals surface area contributed by atoms with Crippen molar-refractivity contribution in [1.29, 1.82) is 0 Å². The van der Waals surface area contributed by atoms with E-state index in [4.69, 9.17) is 0 Å². The van der Waals surface area contributed by atoms with E-state index in [-0.39, 0.29) is 5.78 Å². The van der Waals surface area contributed by atoms with Gasteiger partial charge in [0.1, 0.15) is 0 Å². The van der Waals surface area contributed by atoms with Gasteiger partial charge < -0.3 is 0 Å². The van der Waals surface area contributed by atoms with Gasteiger partial charge >= 0.3 is 0 Å². The standard InChI is InChI=1S/C26H25NO/c1-21(19-27(2)20-23-14-8-4-9-15-23)26(28)25(24-16-10-5-11-17-24)18-22-12-6-3-7-13-22/h3-18H,1,19-20H2,2H3/b25-18-. The van der Waals surface area contributed by atoms with Gasteiger partial charge in [-0.25, -0.2) is 0 Å². The van der Waals surface area contributed by atoms with E-state index in [1.54, 1.807) is 0 Å². The first-order chi connectivity index (χ1) is 13.6. The van der Waals surface area contributed by atoms with E-state index in [0.717, 1.165) is 17.7 Å². The molecule has 0 radical (unpaired) electrons. The first kappa shape index (κ1) is 19.5. The summed E-state index contributed by atoms with van der Waals surface area (Å²) in [6.45, 7) is 5.39. The quantitative estimate of drug-likeness (QED) is 0.388. The van der Waals surface area contributed by atoms with Gasteiger partial charge in [0, 0.05) is 24.2 Å². The van der Waals surface area contributed by atoms with Crippen LogP contribution in [0.3, 0.4) is 0 Å². The van der Waals surface area contributed by atoms with Crippen molar-refractivity contribution >= 4 is 17.4 Å². The Balaban J connectivity index is 1.79. The molecule has 0 saturated heterocycles. The summed E-state index contributed by atoms with van der Waals surface area (Å²) in [5, 5.41) is 0. The molecule has 0 fully saturated rings. The second-order valence-electron chi connectivity index (χ2n) is 6.93. The molecule has 0 spiro atoms. The first-order valence-corrected chi connectivity index (χ1v) is 9.40. The van der Waals surface area contributed by atoms with Crippen molar-refractivity contribution in [2.45, 2.75) is 6.54 Å². The molecule has 0 atom stereocenters. The Hall–Kier alpha value is -3.23. The fraction of sp³-hybridized carbons (Fsp3) is 0.115. The van der Waals surface area contributed by atoms with Crippen LogP contribution >= 0.6 is 0 Å². The Morgan fingerprint density at radius 1 is 0.857 bits per heavy atom. The number of hydrogen-bond donors (Lipinski definition) is 0. The summed E-state index contributed by atoms with van der Waals surface area (Å²) in [4.78, 5) is 15.4. The van der Waals surface area contributed by atoms with Gasteiger partial charge in [0.25, 0.3) is 0 Å². The minimum Gasteiger partial charge on any atom is -0.298 e. The normalized spacial score (nSPS) is 11.4. The van der Waals surface area contributed by atoms with Gasteiger partial charge in [-0.1, -0.05) is 97.6 Å². The number of likely N-dealkylation sites (N-methyl/N-ethyl adjacent to an activating group) is 1. The second kappa shape index (κ2) is 9.63. The predicted molar refractivity (Wildman–Crippen MR) is 118 cm³/mol. The van der Waals surface area contributed by atoms with Crippen LogP contribution in [-0.2, 0) is 11.3 Å². The van der Waals surface area contributed by atoms with E-state index in [9.17, 15) is 4.79 Å². The molecule has 0 aromatic heterocycles. The van der Waals surface area contributed by atoms with E-state index in [2.05, 4.69) is 23.6 Å². The van der Waals surface area contributed by atoms with E-state index in [1.165, 1.54) is 5.56 Å². The van der Waals surface area contributed by atoms with Gasteiger partial charge in [0.2, 0.25) is 0 Å². The Labute approximate surface area is 167 Å². The van der Waals surface area contributed by atoms with Crippen molar-refractivity contribution in [3.05, 3.63) is 120 Å². The smallest absolute Gasteiger partial charge is 0.190 e. The van der Waals surface area contributed by atoms with E-state index < -0.39 is 0 Å². The number of carbonyl (C=O) groups is 1. The molecular formula is C26H25NO. The number of Topliss-reactive ketones (excluding diaryl/α,β-unsaturated/α-hetero) is 1. The second-order valence-corrected chi connectivity index (χ2v) is 6.93. The van der Waals surface area contributed by atoms with Crippen LogP contribution in [0, 0.1) is 0 Å². The Bertz CT molecular complexity index is 943. The molecule has 3 rings (SSSR count). The van der Waals surface area contributed by atoms with Crippen LogP contribution < -0.4 is 0 Å². The summed E-state index contributed by atoms with van der Waals surface area (Å²) in [5.41, 5.74) is 4.38. The average molecular weight is 367 g/mol. The predicted octanol–water partition coefficient (Wildman–Crippen LogP) is 5.48. The van der Waals surface area contributed by atoms with Gasteiger partial charge in [-0.05, 0) is 29.8 Å². The zero-order chi connectivity index (χ0) is 19.8.